The van der Waals surface area contributed by atoms with Crippen molar-refractivity contribution in [3.63, 3.8) is 0 Å². The van der Waals surface area contributed by atoms with Crippen molar-refractivity contribution in [3.05, 3.63) is 0 Å². The zero-order chi connectivity index (χ0) is 7.90. The zero-order valence-electron chi connectivity index (χ0n) is 6.68. The lowest BCUT2D eigenvalue weighted by molar-refractivity contribution is -0.249. The van der Waals surface area contributed by atoms with Crippen molar-refractivity contribution in [3.8, 4) is 0 Å². The first-order valence-corrected chi connectivity index (χ1v) is 5.17. The fraction of sp³-hybridized carbons (Fsp3) is 1.00. The van der Waals surface area contributed by atoms with Crippen molar-refractivity contribution >= 4 is 15.9 Å². The summed E-state index contributed by atoms with van der Waals surface area (Å²) in [6, 6.07) is 0. The molecule has 3 unspecified atom stereocenters. The maximum atomic E-state index is 5.49. The second-order valence-corrected chi connectivity index (χ2v) is 4.28. The molecule has 2 fully saturated rings. The highest BCUT2D eigenvalue weighted by molar-refractivity contribution is 9.09. The van der Waals surface area contributed by atoms with Gasteiger partial charge in [0.2, 0.25) is 0 Å². The van der Waals surface area contributed by atoms with Gasteiger partial charge in [-0.15, -0.1) is 0 Å². The Morgan fingerprint density at radius 2 is 2.27 bits per heavy atom. The van der Waals surface area contributed by atoms with Crippen LogP contribution in [0.3, 0.4) is 0 Å². The number of hydrogen-bond donors (Lipinski definition) is 0. The summed E-state index contributed by atoms with van der Waals surface area (Å²) in [6.07, 6.45) is 1.90. The standard InChI is InChI=1S/C8H13BrO2/c1-8(4-9)5-11-7(8)6-2-3-10-6/h6-7H,2-5H2,1H3. The Labute approximate surface area is 75.4 Å². The van der Waals surface area contributed by atoms with Crippen LogP contribution >= 0.6 is 15.9 Å². The Bertz CT molecular complexity index is 154. The molecular formula is C8H13BrO2. The van der Waals surface area contributed by atoms with Crippen molar-refractivity contribution < 1.29 is 9.47 Å². The Morgan fingerprint density at radius 3 is 2.55 bits per heavy atom. The quantitative estimate of drug-likeness (QED) is 0.659. The second-order valence-electron chi connectivity index (χ2n) is 3.72. The second kappa shape index (κ2) is 2.71. The Balaban J connectivity index is 1.93. The molecule has 2 rings (SSSR count). The van der Waals surface area contributed by atoms with Crippen LogP contribution in [0.4, 0.5) is 0 Å². The Morgan fingerprint density at radius 1 is 1.55 bits per heavy atom. The maximum absolute atomic E-state index is 5.49. The third kappa shape index (κ3) is 1.14. The summed E-state index contributed by atoms with van der Waals surface area (Å²) in [7, 11) is 0. The molecule has 64 valence electrons. The average Bonchev–Trinajstić information content (AvgIpc) is 1.92. The molecule has 0 aliphatic carbocycles. The normalized spacial score (nSPS) is 49.6. The largest absolute Gasteiger partial charge is 0.375 e. The molecule has 0 bridgehead atoms. The average molecular weight is 221 g/mol. The highest BCUT2D eigenvalue weighted by atomic mass is 79.9. The molecule has 0 N–H and O–H groups in total. The van der Waals surface area contributed by atoms with E-state index in [2.05, 4.69) is 22.9 Å². The number of hydrogen-bond acceptors (Lipinski definition) is 2. The van der Waals surface area contributed by atoms with Gasteiger partial charge in [-0.25, -0.2) is 0 Å². The first kappa shape index (κ1) is 8.02. The smallest absolute Gasteiger partial charge is 0.0921 e. The Kier molecular flexibility index (Phi) is 1.98. The molecule has 0 aromatic carbocycles. The minimum Gasteiger partial charge on any atom is -0.375 e. The van der Waals surface area contributed by atoms with Gasteiger partial charge in [0, 0.05) is 17.4 Å². The summed E-state index contributed by atoms with van der Waals surface area (Å²) >= 11 is 3.51. The van der Waals surface area contributed by atoms with E-state index >= 15 is 0 Å². The molecular weight excluding hydrogens is 208 g/mol. The lowest BCUT2D eigenvalue weighted by atomic mass is 9.78. The van der Waals surface area contributed by atoms with Crippen LogP contribution in [0.1, 0.15) is 13.3 Å². The van der Waals surface area contributed by atoms with Crippen molar-refractivity contribution in [2.75, 3.05) is 18.5 Å². The molecule has 0 amide bonds. The molecule has 2 aliphatic rings. The van der Waals surface area contributed by atoms with Gasteiger partial charge in [0.05, 0.1) is 18.8 Å². The summed E-state index contributed by atoms with van der Waals surface area (Å²) < 4.78 is 10.9. The summed E-state index contributed by atoms with van der Waals surface area (Å²) in [5.41, 5.74) is 0.324. The number of rotatable bonds is 2. The van der Waals surface area contributed by atoms with Gasteiger partial charge >= 0.3 is 0 Å². The summed E-state index contributed by atoms with van der Waals surface area (Å²) in [6.45, 7) is 4.04. The fourth-order valence-corrected chi connectivity index (χ4v) is 2.11. The van der Waals surface area contributed by atoms with E-state index in [1.165, 1.54) is 6.42 Å². The van der Waals surface area contributed by atoms with Gasteiger partial charge in [-0.3, -0.25) is 0 Å². The van der Waals surface area contributed by atoms with Crippen LogP contribution in [0, 0.1) is 5.41 Å². The number of halogens is 1. The molecule has 2 aliphatic heterocycles. The first-order valence-electron chi connectivity index (χ1n) is 4.05. The molecule has 2 saturated heterocycles. The molecule has 11 heavy (non-hydrogen) atoms. The van der Waals surface area contributed by atoms with E-state index in [4.69, 9.17) is 9.47 Å². The summed E-state index contributed by atoms with van der Waals surface area (Å²) in [5, 5.41) is 1.02. The van der Waals surface area contributed by atoms with Crippen LogP contribution in [0.2, 0.25) is 0 Å². The van der Waals surface area contributed by atoms with Crippen LogP contribution in [0.5, 0.6) is 0 Å². The van der Waals surface area contributed by atoms with Gasteiger partial charge in [0.15, 0.2) is 0 Å². The molecule has 3 atom stereocenters. The third-order valence-corrected chi connectivity index (χ3v) is 3.94. The lowest BCUT2D eigenvalue weighted by Crippen LogP contribution is -2.60. The van der Waals surface area contributed by atoms with Crippen molar-refractivity contribution in [1.82, 2.24) is 0 Å². The molecule has 2 heterocycles. The summed E-state index contributed by atoms with van der Waals surface area (Å²) in [4.78, 5) is 0. The highest BCUT2D eigenvalue weighted by Crippen LogP contribution is 2.41. The van der Waals surface area contributed by atoms with E-state index in [-0.39, 0.29) is 0 Å². The summed E-state index contributed by atoms with van der Waals surface area (Å²) in [5.74, 6) is 0. The van der Waals surface area contributed by atoms with Crippen molar-refractivity contribution in [1.29, 1.82) is 0 Å². The molecule has 0 radical (unpaired) electrons. The predicted octanol–water partition coefficient (Wildman–Crippen LogP) is 1.58. The van der Waals surface area contributed by atoms with Gasteiger partial charge in [-0.05, 0) is 6.42 Å². The van der Waals surface area contributed by atoms with Gasteiger partial charge < -0.3 is 9.47 Å². The van der Waals surface area contributed by atoms with Gasteiger partial charge in [-0.1, -0.05) is 22.9 Å². The van der Waals surface area contributed by atoms with Gasteiger partial charge in [0.1, 0.15) is 0 Å². The van der Waals surface area contributed by atoms with Crippen LogP contribution in [-0.2, 0) is 9.47 Å². The van der Waals surface area contributed by atoms with Crippen LogP contribution < -0.4 is 0 Å². The molecule has 0 aromatic rings. The van der Waals surface area contributed by atoms with E-state index < -0.39 is 0 Å². The third-order valence-electron chi connectivity index (χ3n) is 2.66. The van der Waals surface area contributed by atoms with Crippen molar-refractivity contribution in [2.45, 2.75) is 25.6 Å². The van der Waals surface area contributed by atoms with E-state index in [1.807, 2.05) is 0 Å². The monoisotopic (exact) mass is 220 g/mol. The molecule has 3 heteroatoms. The SMILES string of the molecule is CC1(CBr)COC1C1CCO1. The lowest BCUT2D eigenvalue weighted by Gasteiger charge is -2.51. The number of ether oxygens (including phenoxy) is 2. The molecule has 2 nitrogen and oxygen atoms in total. The topological polar surface area (TPSA) is 18.5 Å². The minimum absolute atomic E-state index is 0.324. The highest BCUT2D eigenvalue weighted by Gasteiger charge is 2.49. The predicted molar refractivity (Wildman–Crippen MR) is 46.0 cm³/mol. The van der Waals surface area contributed by atoms with E-state index in [1.54, 1.807) is 0 Å². The zero-order valence-corrected chi connectivity index (χ0v) is 8.26. The van der Waals surface area contributed by atoms with E-state index in [0.29, 0.717) is 17.6 Å². The van der Waals surface area contributed by atoms with Crippen LogP contribution in [0.15, 0.2) is 0 Å². The molecule has 0 spiro atoms. The van der Waals surface area contributed by atoms with Gasteiger partial charge in [0.25, 0.3) is 0 Å². The Hall–Kier alpha value is 0.400. The van der Waals surface area contributed by atoms with E-state index in [0.717, 1.165) is 18.5 Å². The molecule has 0 aromatic heterocycles. The molecule has 0 saturated carbocycles. The van der Waals surface area contributed by atoms with Gasteiger partial charge in [-0.2, -0.15) is 0 Å². The van der Waals surface area contributed by atoms with Crippen LogP contribution in [-0.4, -0.2) is 30.8 Å². The van der Waals surface area contributed by atoms with Crippen molar-refractivity contribution in [2.24, 2.45) is 5.41 Å². The minimum atomic E-state index is 0.324. The van der Waals surface area contributed by atoms with E-state index in [9.17, 15) is 0 Å². The maximum Gasteiger partial charge on any atom is 0.0921 e. The van der Waals surface area contributed by atoms with Crippen LogP contribution in [0.25, 0.3) is 0 Å². The fourth-order valence-electron chi connectivity index (χ4n) is 1.63. The number of alkyl halides is 1. The first-order chi connectivity index (χ1) is 5.26.